The summed E-state index contributed by atoms with van der Waals surface area (Å²) in [6, 6.07) is 0. The Kier molecular flexibility index (Phi) is 5.57. The number of nitrogens with zero attached hydrogens (tertiary/aromatic N) is 2. The van der Waals surface area contributed by atoms with Crippen molar-refractivity contribution in [2.45, 2.75) is 12.8 Å². The quantitative estimate of drug-likeness (QED) is 0.359. The monoisotopic (exact) mass is 176 g/mol. The molecule has 0 aromatic rings. The van der Waals surface area contributed by atoms with Crippen molar-refractivity contribution in [1.29, 1.82) is 0 Å². The molecule has 12 heavy (non-hydrogen) atoms. The third-order valence-electron chi connectivity index (χ3n) is 2.09. The molecule has 1 heterocycles. The molecular weight excluding hydrogens is 160 g/mol. The van der Waals surface area contributed by atoms with Crippen LogP contribution in [0, 0.1) is 10.1 Å². The molecule has 72 valence electrons. The van der Waals surface area contributed by atoms with Gasteiger partial charge in [0.25, 0.3) is 0 Å². The molecule has 5 nitrogen and oxygen atoms in total. The molecule has 0 aromatic carbocycles. The van der Waals surface area contributed by atoms with Crippen molar-refractivity contribution in [3.8, 4) is 0 Å². The molecule has 0 bridgehead atoms. The summed E-state index contributed by atoms with van der Waals surface area (Å²) in [5, 5.41) is 9.00. The molecule has 1 saturated heterocycles. The lowest BCUT2D eigenvalue weighted by molar-refractivity contribution is -0.916. The molecule has 0 unspecified atom stereocenters. The number of quaternary nitrogens is 1. The van der Waals surface area contributed by atoms with Gasteiger partial charge in [-0.1, -0.05) is 0 Å². The lowest BCUT2D eigenvalue weighted by atomic mass is 10.4. The first-order valence-electron chi connectivity index (χ1n) is 3.96. The summed E-state index contributed by atoms with van der Waals surface area (Å²) in [5.41, 5.74) is 0. The van der Waals surface area contributed by atoms with Crippen molar-refractivity contribution < 1.29 is 9.22 Å². The van der Waals surface area contributed by atoms with Crippen LogP contribution in [0.4, 0.5) is 0 Å². The highest BCUT2D eigenvalue weighted by molar-refractivity contribution is 4.48. The molecule has 1 rings (SSSR count). The fourth-order valence-corrected chi connectivity index (χ4v) is 1.54. The molecule has 5 heteroatoms. The largest absolute Gasteiger partial charge is 0.444 e. The summed E-state index contributed by atoms with van der Waals surface area (Å²) < 4.78 is 6.22. The lowest BCUT2D eigenvalue weighted by Gasteiger charge is -2.27. The number of likely N-dealkylation sites (tertiary alicyclic amines) is 1. The minimum Gasteiger partial charge on any atom is -0.444 e. The number of hydrogen-bond acceptors (Lipinski definition) is 4. The standard InChI is InChI=1S/C7H16NO.HNO2/c1-8(7-9-2)5-3-4-6-8;2-1-3/h3-7H2,1-2H3;(H,2,3)/q+1;/p-1. The maximum absolute atomic E-state index is 8.00. The second-order valence-electron chi connectivity index (χ2n) is 3.27. The van der Waals surface area contributed by atoms with Crippen LogP contribution >= 0.6 is 0 Å². The molecule has 0 aromatic heterocycles. The van der Waals surface area contributed by atoms with E-state index in [1.54, 1.807) is 7.11 Å². The second kappa shape index (κ2) is 5.91. The summed E-state index contributed by atoms with van der Waals surface area (Å²) >= 11 is 0. The Balaban J connectivity index is 0.000000354. The molecule has 0 amide bonds. The highest BCUT2D eigenvalue weighted by atomic mass is 16.6. The molecular formula is C7H16N2O3. The van der Waals surface area contributed by atoms with E-state index < -0.39 is 0 Å². The van der Waals surface area contributed by atoms with Gasteiger partial charge in [0.1, 0.15) is 0 Å². The van der Waals surface area contributed by atoms with E-state index in [2.05, 4.69) is 7.05 Å². The van der Waals surface area contributed by atoms with Gasteiger partial charge >= 0.3 is 0 Å². The molecule has 0 saturated carbocycles. The zero-order valence-corrected chi connectivity index (χ0v) is 7.65. The predicted octanol–water partition coefficient (Wildman–Crippen LogP) is 1.08. The van der Waals surface area contributed by atoms with Gasteiger partial charge in [-0.15, -0.1) is 5.34 Å². The number of ether oxygens (including phenoxy) is 1. The Labute approximate surface area is 72.5 Å². The zero-order valence-electron chi connectivity index (χ0n) is 7.65. The fraction of sp³-hybridized carbons (Fsp3) is 1.00. The Morgan fingerprint density at radius 2 is 1.92 bits per heavy atom. The first-order chi connectivity index (χ1) is 5.68. The van der Waals surface area contributed by atoms with Crippen LogP contribution in [0.15, 0.2) is 5.34 Å². The smallest absolute Gasteiger partial charge is 0.182 e. The molecule has 0 aliphatic carbocycles. The molecule has 1 fully saturated rings. The zero-order chi connectivity index (χ0) is 9.45. The second-order valence-corrected chi connectivity index (χ2v) is 3.27. The van der Waals surface area contributed by atoms with E-state index in [1.165, 1.54) is 25.9 Å². The maximum atomic E-state index is 8.00. The molecule has 1 aliphatic rings. The van der Waals surface area contributed by atoms with Crippen LogP contribution in [0.25, 0.3) is 0 Å². The van der Waals surface area contributed by atoms with Gasteiger partial charge in [-0.3, -0.25) is 0 Å². The fourth-order valence-electron chi connectivity index (χ4n) is 1.54. The lowest BCUT2D eigenvalue weighted by Crippen LogP contribution is -2.42. The van der Waals surface area contributed by atoms with Gasteiger partial charge in [-0.05, 0) is 0 Å². The number of hydrogen-bond donors (Lipinski definition) is 0. The highest BCUT2D eigenvalue weighted by Crippen LogP contribution is 2.14. The van der Waals surface area contributed by atoms with Crippen molar-refractivity contribution in [2.24, 2.45) is 5.34 Å². The van der Waals surface area contributed by atoms with Crippen LogP contribution in [-0.2, 0) is 4.74 Å². The van der Waals surface area contributed by atoms with Crippen molar-refractivity contribution in [1.82, 2.24) is 0 Å². The van der Waals surface area contributed by atoms with E-state index in [9.17, 15) is 0 Å². The first-order valence-corrected chi connectivity index (χ1v) is 3.96. The van der Waals surface area contributed by atoms with Gasteiger partial charge < -0.3 is 19.3 Å². The third kappa shape index (κ3) is 4.25. The van der Waals surface area contributed by atoms with Gasteiger partial charge in [-0.25, -0.2) is 0 Å². The van der Waals surface area contributed by atoms with E-state index in [-0.39, 0.29) is 0 Å². The first kappa shape index (κ1) is 11.3. The molecule has 0 radical (unpaired) electrons. The Bertz CT molecular complexity index is 124. The molecule has 0 spiro atoms. The third-order valence-corrected chi connectivity index (χ3v) is 2.09. The van der Waals surface area contributed by atoms with Crippen molar-refractivity contribution in [3.05, 3.63) is 10.1 Å². The van der Waals surface area contributed by atoms with Gasteiger partial charge in [0.05, 0.1) is 20.1 Å². The molecule has 0 atom stereocenters. The van der Waals surface area contributed by atoms with Gasteiger partial charge in [0, 0.05) is 20.0 Å². The van der Waals surface area contributed by atoms with Gasteiger partial charge in [0.2, 0.25) is 0 Å². The minimum atomic E-state index is 0.889. The molecule has 0 N–H and O–H groups in total. The summed E-state index contributed by atoms with van der Waals surface area (Å²) in [6.07, 6.45) is 2.75. The van der Waals surface area contributed by atoms with E-state index in [4.69, 9.17) is 14.9 Å². The van der Waals surface area contributed by atoms with E-state index in [0.717, 1.165) is 16.6 Å². The topological polar surface area (TPSA) is 61.7 Å². The minimum absolute atomic E-state index is 0.889. The number of methoxy groups -OCH3 is 1. The maximum Gasteiger partial charge on any atom is 0.182 e. The van der Waals surface area contributed by atoms with Gasteiger partial charge in [0.15, 0.2) is 6.73 Å². The summed E-state index contributed by atoms with van der Waals surface area (Å²) in [4.78, 5) is 8.00. The summed E-state index contributed by atoms with van der Waals surface area (Å²) in [6.45, 7) is 3.49. The van der Waals surface area contributed by atoms with Gasteiger partial charge in [-0.2, -0.15) is 0 Å². The highest BCUT2D eigenvalue weighted by Gasteiger charge is 2.25. The van der Waals surface area contributed by atoms with Crippen LogP contribution in [0.1, 0.15) is 12.8 Å². The SMILES string of the molecule is COC[N+]1(C)CCCC1.O=N[O-]. The number of rotatable bonds is 2. The van der Waals surface area contributed by atoms with Crippen molar-refractivity contribution in [3.63, 3.8) is 0 Å². The normalized spacial score (nSPS) is 19.5. The Hall–Kier alpha value is -0.680. The predicted molar refractivity (Wildman–Crippen MR) is 46.2 cm³/mol. The average Bonchev–Trinajstić information content (AvgIpc) is 2.38. The Morgan fingerprint density at radius 1 is 1.50 bits per heavy atom. The van der Waals surface area contributed by atoms with Crippen LogP contribution in [0.2, 0.25) is 0 Å². The summed E-state index contributed by atoms with van der Waals surface area (Å²) in [7, 11) is 4.04. The molecule has 1 aliphatic heterocycles. The van der Waals surface area contributed by atoms with Crippen molar-refractivity contribution in [2.75, 3.05) is 34.0 Å². The Morgan fingerprint density at radius 3 is 2.25 bits per heavy atom. The summed E-state index contributed by atoms with van der Waals surface area (Å²) in [5.74, 6) is 0. The van der Waals surface area contributed by atoms with Crippen LogP contribution < -0.4 is 0 Å². The van der Waals surface area contributed by atoms with E-state index in [1.807, 2.05) is 0 Å². The average molecular weight is 176 g/mol. The van der Waals surface area contributed by atoms with Crippen LogP contribution in [0.3, 0.4) is 0 Å². The van der Waals surface area contributed by atoms with Crippen LogP contribution in [0.5, 0.6) is 0 Å². The van der Waals surface area contributed by atoms with Crippen molar-refractivity contribution >= 4 is 0 Å². The van der Waals surface area contributed by atoms with E-state index >= 15 is 0 Å². The van der Waals surface area contributed by atoms with E-state index in [0.29, 0.717) is 0 Å². The van der Waals surface area contributed by atoms with Crippen LogP contribution in [-0.4, -0.2) is 38.5 Å².